The SMILES string of the molecule is CCCCNC(=S)NC(C)CCSC. The van der Waals surface area contributed by atoms with Gasteiger partial charge in [-0.1, -0.05) is 13.3 Å². The van der Waals surface area contributed by atoms with E-state index < -0.39 is 0 Å². The zero-order chi connectivity index (χ0) is 10.8. The van der Waals surface area contributed by atoms with Gasteiger partial charge in [0.2, 0.25) is 0 Å². The first-order valence-corrected chi connectivity index (χ1v) is 7.04. The lowest BCUT2D eigenvalue weighted by Gasteiger charge is -2.16. The molecule has 0 saturated heterocycles. The molecule has 14 heavy (non-hydrogen) atoms. The van der Waals surface area contributed by atoms with Crippen molar-refractivity contribution in [3.63, 3.8) is 0 Å². The molecule has 0 rings (SSSR count). The van der Waals surface area contributed by atoms with E-state index in [2.05, 4.69) is 30.7 Å². The van der Waals surface area contributed by atoms with Crippen LogP contribution in [0.4, 0.5) is 0 Å². The van der Waals surface area contributed by atoms with E-state index in [-0.39, 0.29) is 0 Å². The second kappa shape index (κ2) is 9.59. The predicted octanol–water partition coefficient (Wildman–Crippen LogP) is 2.39. The molecule has 0 aliphatic heterocycles. The summed E-state index contributed by atoms with van der Waals surface area (Å²) < 4.78 is 0. The molecule has 0 aliphatic carbocycles. The summed E-state index contributed by atoms with van der Waals surface area (Å²) in [5.41, 5.74) is 0. The van der Waals surface area contributed by atoms with E-state index in [0.717, 1.165) is 18.1 Å². The van der Waals surface area contributed by atoms with Gasteiger partial charge in [0, 0.05) is 12.6 Å². The van der Waals surface area contributed by atoms with Gasteiger partial charge in [-0.2, -0.15) is 11.8 Å². The average molecular weight is 234 g/mol. The molecule has 4 heteroatoms. The zero-order valence-corrected chi connectivity index (χ0v) is 11.1. The Balaban J connectivity index is 3.40. The lowest BCUT2D eigenvalue weighted by molar-refractivity contribution is 0.632. The van der Waals surface area contributed by atoms with Crippen molar-refractivity contribution < 1.29 is 0 Å². The molecule has 0 fully saturated rings. The fourth-order valence-electron chi connectivity index (χ4n) is 1.02. The van der Waals surface area contributed by atoms with Crippen LogP contribution in [0.3, 0.4) is 0 Å². The smallest absolute Gasteiger partial charge is 0.166 e. The van der Waals surface area contributed by atoms with Gasteiger partial charge in [0.15, 0.2) is 5.11 Å². The number of nitrogens with one attached hydrogen (secondary N) is 2. The molecule has 0 spiro atoms. The maximum absolute atomic E-state index is 5.17. The van der Waals surface area contributed by atoms with E-state index in [1.165, 1.54) is 18.6 Å². The molecule has 0 aromatic rings. The summed E-state index contributed by atoms with van der Waals surface area (Å²) in [6.45, 7) is 5.33. The summed E-state index contributed by atoms with van der Waals surface area (Å²) in [6.07, 6.45) is 5.68. The Bertz CT molecular complexity index is 151. The predicted molar refractivity (Wildman–Crippen MR) is 71.1 cm³/mol. The summed E-state index contributed by atoms with van der Waals surface area (Å²) in [6, 6.07) is 0.476. The van der Waals surface area contributed by atoms with E-state index in [1.54, 1.807) is 0 Å². The van der Waals surface area contributed by atoms with Gasteiger partial charge in [-0.05, 0) is 44.0 Å². The first kappa shape index (κ1) is 14.0. The first-order chi connectivity index (χ1) is 6.70. The van der Waals surface area contributed by atoms with E-state index in [9.17, 15) is 0 Å². The summed E-state index contributed by atoms with van der Waals surface area (Å²) >= 11 is 7.04. The number of unbranched alkanes of at least 4 members (excludes halogenated alkanes) is 1. The Hall–Kier alpha value is 0.0400. The molecule has 1 atom stereocenters. The number of hydrogen-bond acceptors (Lipinski definition) is 2. The van der Waals surface area contributed by atoms with Crippen molar-refractivity contribution in [2.45, 2.75) is 39.2 Å². The van der Waals surface area contributed by atoms with Crippen LogP contribution >= 0.6 is 24.0 Å². The normalized spacial score (nSPS) is 12.2. The van der Waals surface area contributed by atoms with Crippen molar-refractivity contribution in [3.8, 4) is 0 Å². The van der Waals surface area contributed by atoms with E-state index >= 15 is 0 Å². The molecule has 0 radical (unpaired) electrons. The second-order valence-electron chi connectivity index (χ2n) is 3.44. The van der Waals surface area contributed by atoms with Crippen LogP contribution in [0.15, 0.2) is 0 Å². The van der Waals surface area contributed by atoms with Crippen LogP contribution in [0.1, 0.15) is 33.1 Å². The molecule has 2 N–H and O–H groups in total. The molecule has 0 saturated carbocycles. The Labute approximate surface area is 97.6 Å². The lowest BCUT2D eigenvalue weighted by atomic mass is 10.3. The quantitative estimate of drug-likeness (QED) is 0.522. The van der Waals surface area contributed by atoms with Gasteiger partial charge in [0.1, 0.15) is 0 Å². The summed E-state index contributed by atoms with van der Waals surface area (Å²) in [4.78, 5) is 0. The maximum atomic E-state index is 5.17. The van der Waals surface area contributed by atoms with Crippen molar-refractivity contribution in [1.82, 2.24) is 10.6 Å². The van der Waals surface area contributed by atoms with Crippen LogP contribution in [0, 0.1) is 0 Å². The molecule has 0 bridgehead atoms. The van der Waals surface area contributed by atoms with Gasteiger partial charge in [-0.25, -0.2) is 0 Å². The van der Waals surface area contributed by atoms with Crippen molar-refractivity contribution >= 4 is 29.1 Å². The van der Waals surface area contributed by atoms with Crippen LogP contribution in [-0.2, 0) is 0 Å². The minimum Gasteiger partial charge on any atom is -0.363 e. The van der Waals surface area contributed by atoms with Crippen LogP contribution in [0.5, 0.6) is 0 Å². The Kier molecular flexibility index (Phi) is 9.62. The van der Waals surface area contributed by atoms with Gasteiger partial charge in [0.25, 0.3) is 0 Å². The van der Waals surface area contributed by atoms with Crippen molar-refractivity contribution in [2.24, 2.45) is 0 Å². The fraction of sp³-hybridized carbons (Fsp3) is 0.900. The van der Waals surface area contributed by atoms with Crippen LogP contribution in [0.25, 0.3) is 0 Å². The summed E-state index contributed by atoms with van der Waals surface area (Å²) in [7, 11) is 0. The van der Waals surface area contributed by atoms with Crippen molar-refractivity contribution in [1.29, 1.82) is 0 Å². The monoisotopic (exact) mass is 234 g/mol. The number of thioether (sulfide) groups is 1. The Morgan fingerprint density at radius 1 is 1.50 bits per heavy atom. The molecule has 0 aromatic heterocycles. The minimum absolute atomic E-state index is 0.476. The molecule has 0 heterocycles. The zero-order valence-electron chi connectivity index (χ0n) is 9.43. The van der Waals surface area contributed by atoms with E-state index in [0.29, 0.717) is 6.04 Å². The third kappa shape index (κ3) is 8.63. The summed E-state index contributed by atoms with van der Waals surface area (Å²) in [5, 5.41) is 7.28. The topological polar surface area (TPSA) is 24.1 Å². The number of thiocarbonyl (C=S) groups is 1. The van der Waals surface area contributed by atoms with Crippen LogP contribution in [-0.4, -0.2) is 29.7 Å². The highest BCUT2D eigenvalue weighted by Crippen LogP contribution is 1.99. The lowest BCUT2D eigenvalue weighted by Crippen LogP contribution is -2.41. The van der Waals surface area contributed by atoms with Gasteiger partial charge < -0.3 is 10.6 Å². The Morgan fingerprint density at radius 3 is 2.79 bits per heavy atom. The van der Waals surface area contributed by atoms with Crippen molar-refractivity contribution in [3.05, 3.63) is 0 Å². The largest absolute Gasteiger partial charge is 0.363 e. The van der Waals surface area contributed by atoms with Gasteiger partial charge in [0.05, 0.1) is 0 Å². The molecular weight excluding hydrogens is 212 g/mol. The highest BCUT2D eigenvalue weighted by molar-refractivity contribution is 7.98. The number of rotatable bonds is 7. The molecule has 0 aliphatic rings. The summed E-state index contributed by atoms with van der Waals surface area (Å²) in [5.74, 6) is 1.19. The van der Waals surface area contributed by atoms with Crippen LogP contribution < -0.4 is 10.6 Å². The highest BCUT2D eigenvalue weighted by Gasteiger charge is 2.02. The molecule has 0 aromatic carbocycles. The fourth-order valence-corrected chi connectivity index (χ4v) is 1.91. The molecule has 2 nitrogen and oxygen atoms in total. The third-order valence-electron chi connectivity index (χ3n) is 1.95. The second-order valence-corrected chi connectivity index (χ2v) is 4.83. The van der Waals surface area contributed by atoms with Gasteiger partial charge in [-0.15, -0.1) is 0 Å². The number of hydrogen-bond donors (Lipinski definition) is 2. The average Bonchev–Trinajstić information content (AvgIpc) is 2.15. The molecule has 0 amide bonds. The third-order valence-corrected chi connectivity index (χ3v) is 2.85. The van der Waals surface area contributed by atoms with Crippen LogP contribution in [0.2, 0.25) is 0 Å². The van der Waals surface area contributed by atoms with Gasteiger partial charge >= 0.3 is 0 Å². The van der Waals surface area contributed by atoms with E-state index in [4.69, 9.17) is 12.2 Å². The first-order valence-electron chi connectivity index (χ1n) is 5.24. The van der Waals surface area contributed by atoms with E-state index in [1.807, 2.05) is 11.8 Å². The Morgan fingerprint density at radius 2 is 2.21 bits per heavy atom. The van der Waals surface area contributed by atoms with Gasteiger partial charge in [-0.3, -0.25) is 0 Å². The standard InChI is InChI=1S/C10H22N2S2/c1-4-5-7-11-10(13)12-9(2)6-8-14-3/h9H,4-8H2,1-3H3,(H2,11,12,13). The maximum Gasteiger partial charge on any atom is 0.166 e. The van der Waals surface area contributed by atoms with Crippen molar-refractivity contribution in [2.75, 3.05) is 18.6 Å². The molecule has 84 valence electrons. The molecular formula is C10H22N2S2. The highest BCUT2D eigenvalue weighted by atomic mass is 32.2. The minimum atomic E-state index is 0.476. The molecule has 1 unspecified atom stereocenters.